The maximum atomic E-state index is 13.3. The number of rotatable bonds is 3. The zero-order chi connectivity index (χ0) is 11.6. The van der Waals surface area contributed by atoms with Gasteiger partial charge in [0.15, 0.2) is 0 Å². The van der Waals surface area contributed by atoms with Crippen LogP contribution >= 0.6 is 0 Å². The molecule has 0 aliphatic rings. The minimum absolute atomic E-state index is 0.0241. The van der Waals surface area contributed by atoms with Crippen LogP contribution < -0.4 is 5.73 Å². The Balaban J connectivity index is 3.02. The van der Waals surface area contributed by atoms with Crippen LogP contribution in [0.1, 0.15) is 31.0 Å². The lowest BCUT2D eigenvalue weighted by Gasteiger charge is -2.29. The molecular weight excluding hydrogens is 193 g/mol. The van der Waals surface area contributed by atoms with E-state index in [4.69, 9.17) is 5.73 Å². The van der Waals surface area contributed by atoms with Crippen LogP contribution in [0.15, 0.2) is 18.2 Å². The van der Waals surface area contributed by atoms with Gasteiger partial charge in [-0.2, -0.15) is 0 Å². The lowest BCUT2D eigenvalue weighted by molar-refractivity contribution is 0.132. The summed E-state index contributed by atoms with van der Waals surface area (Å²) in [6.07, 6.45) is 0. The Morgan fingerprint density at radius 1 is 1.47 bits per heavy atom. The van der Waals surface area contributed by atoms with Crippen molar-refractivity contribution in [1.29, 1.82) is 0 Å². The minimum Gasteiger partial charge on any atom is -0.396 e. The van der Waals surface area contributed by atoms with Gasteiger partial charge >= 0.3 is 0 Å². The number of hydrogen-bond acceptors (Lipinski definition) is 2. The molecule has 0 unspecified atom stereocenters. The van der Waals surface area contributed by atoms with Gasteiger partial charge in [0.2, 0.25) is 0 Å². The molecule has 0 spiro atoms. The summed E-state index contributed by atoms with van der Waals surface area (Å²) in [5.41, 5.74) is 6.86. The van der Waals surface area contributed by atoms with Gasteiger partial charge in [-0.05, 0) is 24.1 Å². The van der Waals surface area contributed by atoms with Crippen LogP contribution in [-0.4, -0.2) is 11.7 Å². The van der Waals surface area contributed by atoms with Crippen molar-refractivity contribution in [1.82, 2.24) is 0 Å². The number of hydrogen-bond donors (Lipinski definition) is 2. The summed E-state index contributed by atoms with van der Waals surface area (Å²) in [7, 11) is 0. The number of benzene rings is 1. The van der Waals surface area contributed by atoms with Crippen LogP contribution in [0.5, 0.6) is 0 Å². The van der Waals surface area contributed by atoms with Gasteiger partial charge in [-0.15, -0.1) is 0 Å². The normalized spacial score (nSPS) is 14.0. The third kappa shape index (κ3) is 2.55. The highest BCUT2D eigenvalue weighted by molar-refractivity contribution is 5.26. The van der Waals surface area contributed by atoms with Gasteiger partial charge < -0.3 is 10.8 Å². The van der Waals surface area contributed by atoms with Gasteiger partial charge in [0.25, 0.3) is 0 Å². The first-order valence-corrected chi connectivity index (χ1v) is 5.01. The molecule has 0 amide bonds. The largest absolute Gasteiger partial charge is 0.396 e. The van der Waals surface area contributed by atoms with Crippen molar-refractivity contribution in [2.24, 2.45) is 11.1 Å². The number of halogens is 1. The molecule has 1 atom stereocenters. The Hall–Kier alpha value is -0.930. The molecule has 0 radical (unpaired) electrons. The lowest BCUT2D eigenvalue weighted by Crippen LogP contribution is -2.32. The maximum absolute atomic E-state index is 13.3. The van der Waals surface area contributed by atoms with Gasteiger partial charge in [0, 0.05) is 18.1 Å². The first-order valence-electron chi connectivity index (χ1n) is 5.01. The van der Waals surface area contributed by atoms with E-state index in [-0.39, 0.29) is 18.5 Å². The maximum Gasteiger partial charge on any atom is 0.126 e. The SMILES string of the molecule is Cc1ccc([C@@H](N)C(C)(C)CO)cc1F. The quantitative estimate of drug-likeness (QED) is 0.804. The number of aliphatic hydroxyl groups is 1. The molecule has 0 aromatic heterocycles. The summed E-state index contributed by atoms with van der Waals surface area (Å²) >= 11 is 0. The average molecular weight is 211 g/mol. The molecule has 3 N–H and O–H groups in total. The van der Waals surface area contributed by atoms with Crippen LogP contribution in [0.4, 0.5) is 4.39 Å². The van der Waals surface area contributed by atoms with Crippen molar-refractivity contribution in [3.63, 3.8) is 0 Å². The fourth-order valence-electron chi connectivity index (χ4n) is 1.35. The van der Waals surface area contributed by atoms with E-state index >= 15 is 0 Å². The highest BCUT2D eigenvalue weighted by Crippen LogP contribution is 2.31. The highest BCUT2D eigenvalue weighted by atomic mass is 19.1. The standard InChI is InChI=1S/C12H18FNO/c1-8-4-5-9(6-10(8)13)11(14)12(2,3)7-15/h4-6,11,15H,7,14H2,1-3H3/t11-/m1/s1. The van der Waals surface area contributed by atoms with Crippen LogP contribution in [0, 0.1) is 18.2 Å². The molecular formula is C12H18FNO. The number of aryl methyl sites for hydroxylation is 1. The molecule has 0 saturated heterocycles. The van der Waals surface area contributed by atoms with Crippen molar-refractivity contribution in [2.75, 3.05) is 6.61 Å². The summed E-state index contributed by atoms with van der Waals surface area (Å²) in [6, 6.07) is 4.59. The summed E-state index contributed by atoms with van der Waals surface area (Å²) < 4.78 is 13.3. The Morgan fingerprint density at radius 2 is 2.07 bits per heavy atom. The average Bonchev–Trinajstić information content (AvgIpc) is 2.21. The van der Waals surface area contributed by atoms with Gasteiger partial charge in [0.1, 0.15) is 5.82 Å². The zero-order valence-corrected chi connectivity index (χ0v) is 9.42. The molecule has 1 aromatic rings. The molecule has 0 fully saturated rings. The second kappa shape index (κ2) is 4.29. The fourth-order valence-corrected chi connectivity index (χ4v) is 1.35. The van der Waals surface area contributed by atoms with Crippen molar-refractivity contribution >= 4 is 0 Å². The first-order chi connectivity index (χ1) is 6.88. The minimum atomic E-state index is -0.443. The molecule has 1 aromatic carbocycles. The van der Waals surface area contributed by atoms with Crippen molar-refractivity contribution in [3.8, 4) is 0 Å². The van der Waals surface area contributed by atoms with E-state index in [1.165, 1.54) is 6.07 Å². The summed E-state index contributed by atoms with van der Waals surface area (Å²) in [5, 5.41) is 9.18. The summed E-state index contributed by atoms with van der Waals surface area (Å²) in [6.45, 7) is 5.40. The Kier molecular flexibility index (Phi) is 3.47. The van der Waals surface area contributed by atoms with E-state index in [1.54, 1.807) is 19.1 Å². The van der Waals surface area contributed by atoms with Crippen LogP contribution in [-0.2, 0) is 0 Å². The number of nitrogens with two attached hydrogens (primary N) is 1. The molecule has 15 heavy (non-hydrogen) atoms. The lowest BCUT2D eigenvalue weighted by atomic mass is 9.81. The molecule has 84 valence electrons. The van der Waals surface area contributed by atoms with Crippen molar-refractivity contribution in [2.45, 2.75) is 26.8 Å². The van der Waals surface area contributed by atoms with Crippen LogP contribution in [0.3, 0.4) is 0 Å². The molecule has 0 aliphatic carbocycles. The van der Waals surface area contributed by atoms with E-state index in [0.29, 0.717) is 5.56 Å². The summed E-state index contributed by atoms with van der Waals surface area (Å²) in [5.74, 6) is -0.253. The predicted molar refractivity (Wildman–Crippen MR) is 58.9 cm³/mol. The smallest absolute Gasteiger partial charge is 0.126 e. The van der Waals surface area contributed by atoms with Crippen molar-refractivity contribution < 1.29 is 9.50 Å². The van der Waals surface area contributed by atoms with Gasteiger partial charge in [-0.3, -0.25) is 0 Å². The van der Waals surface area contributed by atoms with E-state index < -0.39 is 5.41 Å². The second-order valence-electron chi connectivity index (χ2n) is 4.63. The van der Waals surface area contributed by atoms with Gasteiger partial charge in [0.05, 0.1) is 0 Å². The monoisotopic (exact) mass is 211 g/mol. The fraction of sp³-hybridized carbons (Fsp3) is 0.500. The zero-order valence-electron chi connectivity index (χ0n) is 9.42. The van der Waals surface area contributed by atoms with E-state index in [1.807, 2.05) is 13.8 Å². The third-order valence-corrected chi connectivity index (χ3v) is 2.80. The van der Waals surface area contributed by atoms with Gasteiger partial charge in [-0.1, -0.05) is 26.0 Å². The summed E-state index contributed by atoms with van der Waals surface area (Å²) in [4.78, 5) is 0. The first kappa shape index (κ1) is 12.1. The molecule has 0 saturated carbocycles. The second-order valence-corrected chi connectivity index (χ2v) is 4.63. The van der Waals surface area contributed by atoms with E-state index in [9.17, 15) is 9.50 Å². The molecule has 1 rings (SSSR count). The number of aliphatic hydroxyl groups excluding tert-OH is 1. The molecule has 0 heterocycles. The van der Waals surface area contributed by atoms with Crippen LogP contribution in [0.2, 0.25) is 0 Å². The predicted octanol–water partition coefficient (Wildman–Crippen LogP) is 2.15. The molecule has 0 bridgehead atoms. The molecule has 2 nitrogen and oxygen atoms in total. The Bertz CT molecular complexity index is 349. The van der Waals surface area contributed by atoms with E-state index in [2.05, 4.69) is 0 Å². The van der Waals surface area contributed by atoms with Crippen LogP contribution in [0.25, 0.3) is 0 Å². The Morgan fingerprint density at radius 3 is 2.53 bits per heavy atom. The van der Waals surface area contributed by atoms with Crippen molar-refractivity contribution in [3.05, 3.63) is 35.1 Å². The van der Waals surface area contributed by atoms with E-state index in [0.717, 1.165) is 5.56 Å². The Labute approximate surface area is 89.9 Å². The highest BCUT2D eigenvalue weighted by Gasteiger charge is 2.27. The van der Waals surface area contributed by atoms with Gasteiger partial charge in [-0.25, -0.2) is 4.39 Å². The third-order valence-electron chi connectivity index (χ3n) is 2.80. The molecule has 0 aliphatic heterocycles. The molecule has 3 heteroatoms. The topological polar surface area (TPSA) is 46.2 Å².